The van der Waals surface area contributed by atoms with Gasteiger partial charge in [-0.2, -0.15) is 0 Å². The smallest absolute Gasteiger partial charge is 0.145 e. The van der Waals surface area contributed by atoms with E-state index in [1.54, 1.807) is 0 Å². The van der Waals surface area contributed by atoms with E-state index in [9.17, 15) is 5.11 Å². The molecule has 1 saturated carbocycles. The summed E-state index contributed by atoms with van der Waals surface area (Å²) in [7, 11) is 2.14. The average molecular weight is 317 g/mol. The molecule has 126 valence electrons. The number of nitrogen functional groups attached to an aromatic ring is 1. The van der Waals surface area contributed by atoms with Crippen LogP contribution in [0.4, 0.5) is 5.82 Å². The summed E-state index contributed by atoms with van der Waals surface area (Å²) in [6.45, 7) is 7.21. The van der Waals surface area contributed by atoms with Crippen molar-refractivity contribution in [1.82, 2.24) is 19.4 Å². The van der Waals surface area contributed by atoms with Gasteiger partial charge in [0.25, 0.3) is 0 Å². The minimum absolute atomic E-state index is 0.257. The SMILES string of the molecule is CCN(C)C[C@H]1C[C@@H](Cn2ccc3c(N)ncnc32)[C@H](O)[C@@H]1C. The van der Waals surface area contributed by atoms with Gasteiger partial charge in [0.15, 0.2) is 0 Å². The molecule has 2 aromatic rings. The minimum Gasteiger partial charge on any atom is -0.392 e. The summed E-state index contributed by atoms with van der Waals surface area (Å²) in [6.07, 6.45) is 4.29. The van der Waals surface area contributed by atoms with Crippen molar-refractivity contribution in [3.8, 4) is 0 Å². The number of nitrogens with two attached hydrogens (primary N) is 1. The zero-order chi connectivity index (χ0) is 16.6. The highest BCUT2D eigenvalue weighted by molar-refractivity contribution is 5.85. The molecule has 1 aliphatic carbocycles. The van der Waals surface area contributed by atoms with Crippen LogP contribution in [0.1, 0.15) is 20.3 Å². The maximum atomic E-state index is 10.6. The molecule has 4 atom stereocenters. The lowest BCUT2D eigenvalue weighted by molar-refractivity contribution is 0.0817. The topological polar surface area (TPSA) is 80.2 Å². The fourth-order valence-corrected chi connectivity index (χ4v) is 3.83. The third-order valence-corrected chi connectivity index (χ3v) is 5.47. The summed E-state index contributed by atoms with van der Waals surface area (Å²) >= 11 is 0. The Morgan fingerprint density at radius 1 is 1.39 bits per heavy atom. The van der Waals surface area contributed by atoms with E-state index in [2.05, 4.69) is 40.3 Å². The number of fused-ring (bicyclic) bond motifs is 1. The van der Waals surface area contributed by atoms with Crippen LogP contribution in [-0.4, -0.2) is 50.8 Å². The number of aromatic nitrogens is 3. The third kappa shape index (κ3) is 3.05. The average Bonchev–Trinajstić information content (AvgIpc) is 3.06. The fourth-order valence-electron chi connectivity index (χ4n) is 3.83. The molecule has 1 aliphatic rings. The maximum absolute atomic E-state index is 10.6. The van der Waals surface area contributed by atoms with E-state index < -0.39 is 0 Å². The lowest BCUT2D eigenvalue weighted by Gasteiger charge is -2.23. The Bertz CT molecular complexity index is 670. The highest BCUT2D eigenvalue weighted by Gasteiger charge is 2.39. The van der Waals surface area contributed by atoms with Crippen LogP contribution >= 0.6 is 0 Å². The minimum atomic E-state index is -0.262. The second-order valence-corrected chi connectivity index (χ2v) is 6.92. The lowest BCUT2D eigenvalue weighted by Crippen LogP contribution is -2.29. The molecule has 3 N–H and O–H groups in total. The fraction of sp³-hybridized carbons (Fsp3) is 0.647. The maximum Gasteiger partial charge on any atom is 0.145 e. The summed E-state index contributed by atoms with van der Waals surface area (Å²) in [6, 6.07) is 1.96. The van der Waals surface area contributed by atoms with E-state index >= 15 is 0 Å². The van der Waals surface area contributed by atoms with Gasteiger partial charge in [0.1, 0.15) is 17.8 Å². The van der Waals surface area contributed by atoms with Gasteiger partial charge in [0.05, 0.1) is 11.5 Å². The van der Waals surface area contributed by atoms with Crippen molar-refractivity contribution >= 4 is 16.9 Å². The van der Waals surface area contributed by atoms with Gasteiger partial charge in [0.2, 0.25) is 0 Å². The molecular weight excluding hydrogens is 290 g/mol. The van der Waals surface area contributed by atoms with Crippen molar-refractivity contribution in [3.05, 3.63) is 18.6 Å². The summed E-state index contributed by atoms with van der Waals surface area (Å²) in [5.41, 5.74) is 6.75. The van der Waals surface area contributed by atoms with Crippen LogP contribution in [0, 0.1) is 17.8 Å². The number of nitrogens with zero attached hydrogens (tertiary/aromatic N) is 4. The predicted octanol–water partition coefficient (Wildman–Crippen LogP) is 1.60. The molecule has 2 aromatic heterocycles. The first kappa shape index (κ1) is 16.2. The first-order valence-corrected chi connectivity index (χ1v) is 8.43. The second-order valence-electron chi connectivity index (χ2n) is 6.92. The molecule has 3 rings (SSSR count). The molecule has 2 heterocycles. The van der Waals surface area contributed by atoms with Crippen LogP contribution in [0.15, 0.2) is 18.6 Å². The van der Waals surface area contributed by atoms with Gasteiger partial charge in [0, 0.05) is 25.2 Å². The standard InChI is InChI=1S/C17H27N5O/c1-4-21(3)8-12-7-13(15(23)11(12)2)9-22-6-5-14-16(18)19-10-20-17(14)22/h5-6,10-13,15,23H,4,7-9H2,1-3H3,(H2,18,19,20)/t11-,12-,13+,15-/m1/s1. The van der Waals surface area contributed by atoms with Crippen molar-refractivity contribution in [2.75, 3.05) is 25.9 Å². The van der Waals surface area contributed by atoms with Crippen molar-refractivity contribution in [1.29, 1.82) is 0 Å². The van der Waals surface area contributed by atoms with Crippen LogP contribution in [0.2, 0.25) is 0 Å². The van der Waals surface area contributed by atoms with Crippen LogP contribution in [-0.2, 0) is 6.54 Å². The highest BCUT2D eigenvalue weighted by Crippen LogP contribution is 2.38. The third-order valence-electron chi connectivity index (χ3n) is 5.47. The van der Waals surface area contributed by atoms with E-state index in [1.165, 1.54) is 6.33 Å². The lowest BCUT2D eigenvalue weighted by atomic mass is 9.96. The molecule has 1 fully saturated rings. The number of hydrogen-bond acceptors (Lipinski definition) is 5. The first-order chi connectivity index (χ1) is 11.0. The van der Waals surface area contributed by atoms with E-state index in [4.69, 9.17) is 5.73 Å². The molecule has 0 bridgehead atoms. The van der Waals surface area contributed by atoms with Gasteiger partial charge in [-0.15, -0.1) is 0 Å². The quantitative estimate of drug-likeness (QED) is 0.875. The van der Waals surface area contributed by atoms with Gasteiger partial charge >= 0.3 is 0 Å². The molecule has 0 aliphatic heterocycles. The van der Waals surface area contributed by atoms with Crippen LogP contribution < -0.4 is 5.73 Å². The van der Waals surface area contributed by atoms with Crippen LogP contribution in [0.3, 0.4) is 0 Å². The molecule has 0 unspecified atom stereocenters. The molecule has 6 heteroatoms. The van der Waals surface area contributed by atoms with Gasteiger partial charge in [-0.05, 0) is 37.9 Å². The van der Waals surface area contributed by atoms with Gasteiger partial charge in [-0.25, -0.2) is 9.97 Å². The number of hydrogen-bond donors (Lipinski definition) is 2. The number of aliphatic hydroxyl groups excluding tert-OH is 1. The predicted molar refractivity (Wildman–Crippen MR) is 91.9 cm³/mol. The van der Waals surface area contributed by atoms with Crippen molar-refractivity contribution < 1.29 is 5.11 Å². The zero-order valence-corrected chi connectivity index (χ0v) is 14.2. The molecular formula is C17H27N5O. The molecule has 6 nitrogen and oxygen atoms in total. The van der Waals surface area contributed by atoms with Crippen LogP contribution in [0.5, 0.6) is 0 Å². The number of anilines is 1. The van der Waals surface area contributed by atoms with E-state index in [1.807, 2.05) is 12.3 Å². The number of aliphatic hydroxyl groups is 1. The molecule has 0 amide bonds. The van der Waals surface area contributed by atoms with Crippen molar-refractivity contribution in [3.63, 3.8) is 0 Å². The highest BCUT2D eigenvalue weighted by atomic mass is 16.3. The Labute approximate surface area is 137 Å². The van der Waals surface area contributed by atoms with Gasteiger partial charge in [-0.3, -0.25) is 0 Å². The Hall–Kier alpha value is -1.66. The van der Waals surface area contributed by atoms with Crippen molar-refractivity contribution in [2.24, 2.45) is 17.8 Å². The van der Waals surface area contributed by atoms with Gasteiger partial charge in [-0.1, -0.05) is 13.8 Å². The molecule has 0 spiro atoms. The van der Waals surface area contributed by atoms with Crippen molar-refractivity contribution in [2.45, 2.75) is 32.9 Å². The molecule has 0 aromatic carbocycles. The largest absolute Gasteiger partial charge is 0.392 e. The first-order valence-electron chi connectivity index (χ1n) is 8.43. The Kier molecular flexibility index (Phi) is 4.55. The molecule has 0 radical (unpaired) electrons. The molecule has 0 saturated heterocycles. The molecule has 23 heavy (non-hydrogen) atoms. The normalized spacial score (nSPS) is 28.0. The monoisotopic (exact) mass is 317 g/mol. The Morgan fingerprint density at radius 3 is 2.91 bits per heavy atom. The summed E-state index contributed by atoms with van der Waals surface area (Å²) in [4.78, 5) is 10.7. The van der Waals surface area contributed by atoms with E-state index in [-0.39, 0.29) is 12.0 Å². The second kappa shape index (κ2) is 6.45. The number of rotatable bonds is 5. The summed E-state index contributed by atoms with van der Waals surface area (Å²) in [5.74, 6) is 1.64. The zero-order valence-electron chi connectivity index (χ0n) is 14.2. The summed E-state index contributed by atoms with van der Waals surface area (Å²) < 4.78 is 2.10. The van der Waals surface area contributed by atoms with Gasteiger partial charge < -0.3 is 20.3 Å². The van der Waals surface area contributed by atoms with E-state index in [0.717, 1.165) is 37.1 Å². The van der Waals surface area contributed by atoms with Crippen LogP contribution in [0.25, 0.3) is 11.0 Å². The van der Waals surface area contributed by atoms with E-state index in [0.29, 0.717) is 17.7 Å². The summed E-state index contributed by atoms with van der Waals surface area (Å²) in [5, 5.41) is 11.5. The Morgan fingerprint density at radius 2 is 2.17 bits per heavy atom. The Balaban J connectivity index is 1.75.